The van der Waals surface area contributed by atoms with Gasteiger partial charge in [-0.2, -0.15) is 5.10 Å². The van der Waals surface area contributed by atoms with Crippen LogP contribution in [0.2, 0.25) is 0 Å². The van der Waals surface area contributed by atoms with E-state index < -0.39 is 17.2 Å². The molecule has 1 N–H and O–H groups in total. The summed E-state index contributed by atoms with van der Waals surface area (Å²) in [5.74, 6) is -0.659. The van der Waals surface area contributed by atoms with Crippen molar-refractivity contribution in [1.82, 2.24) is 19.7 Å². The molecule has 3 rings (SSSR count). The van der Waals surface area contributed by atoms with E-state index >= 15 is 0 Å². The Morgan fingerprint density at radius 3 is 2.59 bits per heavy atom. The normalized spacial score (nSPS) is 13.3. The summed E-state index contributed by atoms with van der Waals surface area (Å²) in [5, 5.41) is 15.5. The zero-order valence-corrected chi connectivity index (χ0v) is 19.5. The Balaban J connectivity index is 1.61. The quantitative estimate of drug-likeness (QED) is 0.367. The number of ether oxygens (including phenoxy) is 1. The van der Waals surface area contributed by atoms with Crippen LogP contribution in [0.1, 0.15) is 25.3 Å². The van der Waals surface area contributed by atoms with Crippen molar-refractivity contribution in [2.45, 2.75) is 31.9 Å². The van der Waals surface area contributed by atoms with Crippen molar-refractivity contribution < 1.29 is 18.6 Å². The average molecular weight is 509 g/mol. The van der Waals surface area contributed by atoms with Crippen LogP contribution in [0, 0.1) is 11.6 Å². The molecule has 172 valence electrons. The number of benzene rings is 2. The maximum Gasteiger partial charge on any atom is 0.137 e. The van der Waals surface area contributed by atoms with Crippen LogP contribution in [0.25, 0.3) is 0 Å². The largest absolute Gasteiger partial charge is 0.494 e. The molecule has 2 aromatic carbocycles. The maximum absolute atomic E-state index is 14.6. The lowest BCUT2D eigenvalue weighted by molar-refractivity contribution is -0.0209. The SMILES string of the molecule is CCN(CCCCOc1ccc(Br)cc1)CC(O)(Cn1cncn1)c1ccc(F)cc1F. The second-order valence-electron chi connectivity index (χ2n) is 7.63. The first kappa shape index (κ1) is 24.3. The smallest absolute Gasteiger partial charge is 0.137 e. The number of aliphatic hydroxyl groups is 1. The molecular formula is C23H27BrF2N4O2. The zero-order chi connectivity index (χ0) is 23.0. The molecule has 1 aromatic heterocycles. The van der Waals surface area contributed by atoms with E-state index in [0.717, 1.165) is 35.2 Å². The van der Waals surface area contributed by atoms with Crippen LogP contribution in [0.3, 0.4) is 0 Å². The minimum atomic E-state index is -1.60. The molecule has 1 heterocycles. The number of nitrogens with zero attached hydrogens (tertiary/aromatic N) is 4. The Morgan fingerprint density at radius 2 is 1.94 bits per heavy atom. The van der Waals surface area contributed by atoms with E-state index in [4.69, 9.17) is 4.74 Å². The number of hydrogen-bond acceptors (Lipinski definition) is 5. The molecular weight excluding hydrogens is 482 g/mol. The van der Waals surface area contributed by atoms with Gasteiger partial charge < -0.3 is 14.7 Å². The van der Waals surface area contributed by atoms with Gasteiger partial charge in [0.25, 0.3) is 0 Å². The van der Waals surface area contributed by atoms with E-state index in [-0.39, 0.29) is 18.7 Å². The summed E-state index contributed by atoms with van der Waals surface area (Å²) < 4.78 is 36.2. The summed E-state index contributed by atoms with van der Waals surface area (Å²) in [6.07, 6.45) is 4.49. The molecule has 3 aromatic rings. The first-order valence-corrected chi connectivity index (χ1v) is 11.3. The molecule has 0 saturated carbocycles. The van der Waals surface area contributed by atoms with Crippen molar-refractivity contribution in [1.29, 1.82) is 0 Å². The van der Waals surface area contributed by atoms with Gasteiger partial charge in [0.2, 0.25) is 0 Å². The van der Waals surface area contributed by atoms with Crippen molar-refractivity contribution in [2.75, 3.05) is 26.2 Å². The Bertz CT molecular complexity index is 973. The molecule has 0 bridgehead atoms. The van der Waals surface area contributed by atoms with Crippen molar-refractivity contribution in [3.8, 4) is 5.75 Å². The van der Waals surface area contributed by atoms with Crippen molar-refractivity contribution in [2.24, 2.45) is 0 Å². The molecule has 0 aliphatic heterocycles. The highest BCUT2D eigenvalue weighted by Gasteiger charge is 2.35. The van der Waals surface area contributed by atoms with Crippen molar-refractivity contribution in [3.05, 3.63) is 76.8 Å². The first-order valence-electron chi connectivity index (χ1n) is 10.5. The number of aromatic nitrogens is 3. The lowest BCUT2D eigenvalue weighted by atomic mass is 9.92. The Labute approximate surface area is 195 Å². The van der Waals surface area contributed by atoms with Gasteiger partial charge in [0.1, 0.15) is 35.6 Å². The molecule has 1 atom stereocenters. The predicted octanol–water partition coefficient (Wildman–Crippen LogP) is 4.39. The van der Waals surface area contributed by atoms with Gasteiger partial charge in [-0.15, -0.1) is 0 Å². The minimum Gasteiger partial charge on any atom is -0.494 e. The van der Waals surface area contributed by atoms with Crippen LogP contribution in [0.15, 0.2) is 59.6 Å². The second-order valence-corrected chi connectivity index (χ2v) is 8.54. The molecule has 1 unspecified atom stereocenters. The van der Waals surface area contributed by atoms with Crippen LogP contribution in [0.4, 0.5) is 8.78 Å². The average Bonchev–Trinajstić information content (AvgIpc) is 3.26. The summed E-state index contributed by atoms with van der Waals surface area (Å²) in [4.78, 5) is 5.93. The summed E-state index contributed by atoms with van der Waals surface area (Å²) in [6, 6.07) is 10.9. The van der Waals surface area contributed by atoms with Crippen LogP contribution >= 0.6 is 15.9 Å². The second kappa shape index (κ2) is 11.5. The fourth-order valence-electron chi connectivity index (χ4n) is 3.55. The zero-order valence-electron chi connectivity index (χ0n) is 17.9. The fraction of sp³-hybridized carbons (Fsp3) is 0.391. The molecule has 32 heavy (non-hydrogen) atoms. The topological polar surface area (TPSA) is 63.4 Å². The number of likely N-dealkylation sites (N-methyl/N-ethyl adjacent to an activating group) is 1. The summed E-state index contributed by atoms with van der Waals surface area (Å²) >= 11 is 3.40. The van der Waals surface area contributed by atoms with Gasteiger partial charge in [0, 0.05) is 22.6 Å². The molecule has 9 heteroatoms. The molecule has 0 fully saturated rings. The molecule has 0 saturated heterocycles. The van der Waals surface area contributed by atoms with E-state index in [1.54, 1.807) is 0 Å². The Kier molecular flexibility index (Phi) is 8.72. The highest BCUT2D eigenvalue weighted by atomic mass is 79.9. The van der Waals surface area contributed by atoms with Crippen LogP contribution in [0.5, 0.6) is 5.75 Å². The van der Waals surface area contributed by atoms with Gasteiger partial charge in [-0.05, 0) is 56.3 Å². The van der Waals surface area contributed by atoms with E-state index in [2.05, 4.69) is 26.0 Å². The third-order valence-corrected chi connectivity index (χ3v) is 5.73. The van der Waals surface area contributed by atoms with Gasteiger partial charge in [-0.3, -0.25) is 0 Å². The van der Waals surface area contributed by atoms with E-state index in [9.17, 15) is 13.9 Å². The van der Waals surface area contributed by atoms with E-state index in [1.807, 2.05) is 36.1 Å². The van der Waals surface area contributed by atoms with Gasteiger partial charge in [0.15, 0.2) is 0 Å². The monoisotopic (exact) mass is 508 g/mol. The molecule has 0 aliphatic rings. The van der Waals surface area contributed by atoms with Gasteiger partial charge in [0.05, 0.1) is 13.2 Å². The fourth-order valence-corrected chi connectivity index (χ4v) is 3.81. The van der Waals surface area contributed by atoms with Gasteiger partial charge in [-0.25, -0.2) is 18.4 Å². The minimum absolute atomic E-state index is 0.00126. The number of unbranched alkanes of at least 4 members (excludes halogenated alkanes) is 1. The Hall–Kier alpha value is -2.36. The Morgan fingerprint density at radius 1 is 1.16 bits per heavy atom. The summed E-state index contributed by atoms with van der Waals surface area (Å²) in [7, 11) is 0. The summed E-state index contributed by atoms with van der Waals surface area (Å²) in [5.41, 5.74) is -1.57. The van der Waals surface area contributed by atoms with Crippen molar-refractivity contribution in [3.63, 3.8) is 0 Å². The van der Waals surface area contributed by atoms with Crippen LogP contribution in [-0.4, -0.2) is 51.0 Å². The van der Waals surface area contributed by atoms with Crippen LogP contribution < -0.4 is 4.74 Å². The molecule has 0 spiro atoms. The van der Waals surface area contributed by atoms with E-state index in [0.29, 0.717) is 19.7 Å². The highest BCUT2D eigenvalue weighted by molar-refractivity contribution is 9.10. The first-order chi connectivity index (χ1) is 15.4. The van der Waals surface area contributed by atoms with Crippen LogP contribution in [-0.2, 0) is 12.1 Å². The maximum atomic E-state index is 14.6. The van der Waals surface area contributed by atoms with Gasteiger partial charge in [-0.1, -0.05) is 28.9 Å². The molecule has 0 amide bonds. The third-order valence-electron chi connectivity index (χ3n) is 5.21. The predicted molar refractivity (Wildman–Crippen MR) is 121 cm³/mol. The standard InChI is InChI=1S/C23H27BrF2N4O2/c1-2-29(11-3-4-12-32-20-8-5-18(24)6-9-20)14-23(31,15-30-17-27-16-28-30)21-10-7-19(25)13-22(21)26/h5-10,13,16-17,31H,2-4,11-12,14-15H2,1H3. The lowest BCUT2D eigenvalue weighted by Gasteiger charge is -2.34. The summed E-state index contributed by atoms with van der Waals surface area (Å²) in [6.45, 7) is 4.08. The number of halogens is 3. The molecule has 0 radical (unpaired) electrons. The lowest BCUT2D eigenvalue weighted by Crippen LogP contribution is -2.45. The highest BCUT2D eigenvalue weighted by Crippen LogP contribution is 2.28. The number of hydrogen-bond donors (Lipinski definition) is 1. The number of rotatable bonds is 12. The molecule has 6 nitrogen and oxygen atoms in total. The molecule has 0 aliphatic carbocycles. The third kappa shape index (κ3) is 6.82. The van der Waals surface area contributed by atoms with E-state index in [1.165, 1.54) is 23.4 Å². The van der Waals surface area contributed by atoms with Gasteiger partial charge >= 0.3 is 0 Å². The van der Waals surface area contributed by atoms with Crippen molar-refractivity contribution >= 4 is 15.9 Å².